The summed E-state index contributed by atoms with van der Waals surface area (Å²) in [6.07, 6.45) is 0.765. The van der Waals surface area contributed by atoms with Crippen molar-refractivity contribution in [2.24, 2.45) is 7.05 Å². The van der Waals surface area contributed by atoms with E-state index in [1.54, 1.807) is 31.4 Å². The zero-order valence-corrected chi connectivity index (χ0v) is 13.4. The third-order valence-electron chi connectivity index (χ3n) is 3.67. The lowest BCUT2D eigenvalue weighted by Gasteiger charge is -2.08. The van der Waals surface area contributed by atoms with E-state index in [4.69, 9.17) is 4.74 Å². The van der Waals surface area contributed by atoms with Crippen molar-refractivity contribution in [2.75, 3.05) is 19.0 Å². The van der Waals surface area contributed by atoms with Gasteiger partial charge in [-0.3, -0.25) is 4.68 Å². The van der Waals surface area contributed by atoms with Crippen LogP contribution in [-0.4, -0.2) is 29.5 Å². The van der Waals surface area contributed by atoms with Gasteiger partial charge in [-0.15, -0.1) is 0 Å². The number of nitrogens with one attached hydrogen (secondary N) is 2. The highest BCUT2D eigenvalue weighted by Crippen LogP contribution is 2.15. The summed E-state index contributed by atoms with van der Waals surface area (Å²) in [5, 5.41) is 10.0. The average Bonchev–Trinajstić information content (AvgIpc) is 2.74. The molecule has 6 heteroatoms. The molecule has 0 fully saturated rings. The number of benzene rings is 1. The number of ether oxygens (including phenoxy) is 1. The number of urea groups is 1. The summed E-state index contributed by atoms with van der Waals surface area (Å²) in [5.74, 6) is 0.758. The van der Waals surface area contributed by atoms with E-state index in [0.29, 0.717) is 6.54 Å². The van der Waals surface area contributed by atoms with Gasteiger partial charge in [-0.25, -0.2) is 4.79 Å². The monoisotopic (exact) mass is 302 g/mol. The first-order valence-corrected chi connectivity index (χ1v) is 7.19. The van der Waals surface area contributed by atoms with Gasteiger partial charge in [-0.2, -0.15) is 5.10 Å². The van der Waals surface area contributed by atoms with Crippen LogP contribution in [0.15, 0.2) is 24.3 Å². The van der Waals surface area contributed by atoms with E-state index in [0.717, 1.165) is 29.2 Å². The Morgan fingerprint density at radius 3 is 2.50 bits per heavy atom. The van der Waals surface area contributed by atoms with E-state index in [1.165, 1.54) is 5.56 Å². The van der Waals surface area contributed by atoms with Crippen molar-refractivity contribution in [3.8, 4) is 5.75 Å². The molecular weight excluding hydrogens is 280 g/mol. The van der Waals surface area contributed by atoms with E-state index in [1.807, 2.05) is 25.6 Å². The molecule has 2 N–H and O–H groups in total. The predicted molar refractivity (Wildman–Crippen MR) is 86.4 cm³/mol. The van der Waals surface area contributed by atoms with E-state index in [9.17, 15) is 4.79 Å². The number of nitrogens with zero attached hydrogens (tertiary/aromatic N) is 2. The maximum absolute atomic E-state index is 11.9. The molecule has 118 valence electrons. The van der Waals surface area contributed by atoms with Gasteiger partial charge in [0.05, 0.1) is 12.8 Å². The number of aryl methyl sites for hydroxylation is 2. The zero-order valence-electron chi connectivity index (χ0n) is 13.4. The number of hydrogen-bond donors (Lipinski definition) is 2. The summed E-state index contributed by atoms with van der Waals surface area (Å²) < 4.78 is 6.94. The molecule has 1 aromatic heterocycles. The summed E-state index contributed by atoms with van der Waals surface area (Å²) in [4.78, 5) is 11.9. The molecule has 2 amide bonds. The minimum absolute atomic E-state index is 0.218. The highest BCUT2D eigenvalue weighted by molar-refractivity contribution is 5.89. The molecule has 1 aromatic carbocycles. The Kier molecular flexibility index (Phi) is 5.04. The molecule has 0 bridgehead atoms. The van der Waals surface area contributed by atoms with Crippen molar-refractivity contribution in [1.82, 2.24) is 15.1 Å². The smallest absolute Gasteiger partial charge is 0.319 e. The molecule has 22 heavy (non-hydrogen) atoms. The number of carbonyl (C=O) groups excluding carboxylic acids is 1. The van der Waals surface area contributed by atoms with Crippen LogP contribution in [0.25, 0.3) is 0 Å². The molecule has 6 nitrogen and oxygen atoms in total. The summed E-state index contributed by atoms with van der Waals surface area (Å²) >= 11 is 0. The molecule has 0 aliphatic heterocycles. The molecule has 0 atom stereocenters. The topological polar surface area (TPSA) is 68.2 Å². The third kappa shape index (κ3) is 3.78. The summed E-state index contributed by atoms with van der Waals surface area (Å²) in [6.45, 7) is 4.59. The molecule has 1 heterocycles. The lowest BCUT2D eigenvalue weighted by atomic mass is 10.1. The van der Waals surface area contributed by atoms with Crippen LogP contribution in [0.5, 0.6) is 5.75 Å². The van der Waals surface area contributed by atoms with Crippen LogP contribution in [0.3, 0.4) is 0 Å². The number of hydrogen-bond acceptors (Lipinski definition) is 3. The van der Waals surface area contributed by atoms with E-state index >= 15 is 0 Å². The standard InChI is InChI=1S/C16H22N4O2/c1-11-15(12(2)20(3)19-11)9-10-17-16(21)18-13-5-7-14(22-4)8-6-13/h5-8H,9-10H2,1-4H3,(H2,17,18,21). The van der Waals surface area contributed by atoms with Gasteiger partial charge in [0, 0.05) is 25.0 Å². The van der Waals surface area contributed by atoms with Gasteiger partial charge in [0.1, 0.15) is 5.75 Å². The Morgan fingerprint density at radius 2 is 1.95 bits per heavy atom. The van der Waals surface area contributed by atoms with Crippen LogP contribution in [0.1, 0.15) is 17.0 Å². The van der Waals surface area contributed by atoms with E-state index in [-0.39, 0.29) is 6.03 Å². The Labute approximate surface area is 130 Å². The first-order chi connectivity index (χ1) is 10.5. The predicted octanol–water partition coefficient (Wildman–Crippen LogP) is 2.41. The number of anilines is 1. The molecule has 0 aliphatic carbocycles. The number of aromatic nitrogens is 2. The SMILES string of the molecule is COc1ccc(NC(=O)NCCc2c(C)nn(C)c2C)cc1. The van der Waals surface area contributed by atoms with Crippen molar-refractivity contribution >= 4 is 11.7 Å². The fraction of sp³-hybridized carbons (Fsp3) is 0.375. The maximum Gasteiger partial charge on any atom is 0.319 e. The maximum atomic E-state index is 11.9. The summed E-state index contributed by atoms with van der Waals surface area (Å²) in [5.41, 5.74) is 4.06. The Hall–Kier alpha value is -2.50. The quantitative estimate of drug-likeness (QED) is 0.891. The molecular formula is C16H22N4O2. The minimum Gasteiger partial charge on any atom is -0.497 e. The normalized spacial score (nSPS) is 10.4. The first-order valence-electron chi connectivity index (χ1n) is 7.19. The van der Waals surface area contributed by atoms with Crippen LogP contribution in [0.4, 0.5) is 10.5 Å². The summed E-state index contributed by atoms with van der Waals surface area (Å²) in [6, 6.07) is 6.99. The Bertz CT molecular complexity index is 647. The largest absolute Gasteiger partial charge is 0.497 e. The molecule has 2 aromatic rings. The minimum atomic E-state index is -0.218. The lowest BCUT2D eigenvalue weighted by molar-refractivity contribution is 0.252. The van der Waals surface area contributed by atoms with Crippen molar-refractivity contribution in [2.45, 2.75) is 20.3 Å². The first kappa shape index (κ1) is 15.9. The van der Waals surface area contributed by atoms with E-state index < -0.39 is 0 Å². The van der Waals surface area contributed by atoms with Gasteiger partial charge in [0.15, 0.2) is 0 Å². The van der Waals surface area contributed by atoms with Gasteiger partial charge in [0.2, 0.25) is 0 Å². The van der Waals surface area contributed by atoms with Crippen LogP contribution in [0.2, 0.25) is 0 Å². The molecule has 2 rings (SSSR count). The molecule has 0 saturated heterocycles. The second-order valence-electron chi connectivity index (χ2n) is 5.13. The fourth-order valence-corrected chi connectivity index (χ4v) is 2.33. The van der Waals surface area contributed by atoms with Gasteiger partial charge in [0.25, 0.3) is 0 Å². The van der Waals surface area contributed by atoms with Crippen LogP contribution >= 0.6 is 0 Å². The zero-order chi connectivity index (χ0) is 16.1. The number of methoxy groups -OCH3 is 1. The third-order valence-corrected chi connectivity index (χ3v) is 3.67. The van der Waals surface area contributed by atoms with Crippen LogP contribution in [0, 0.1) is 13.8 Å². The number of amides is 2. The van der Waals surface area contributed by atoms with Gasteiger partial charge in [-0.1, -0.05) is 0 Å². The lowest BCUT2D eigenvalue weighted by Crippen LogP contribution is -2.30. The molecule has 0 saturated carbocycles. The van der Waals surface area contributed by atoms with Gasteiger partial charge < -0.3 is 15.4 Å². The van der Waals surface area contributed by atoms with Crippen molar-refractivity contribution in [3.63, 3.8) is 0 Å². The van der Waals surface area contributed by atoms with E-state index in [2.05, 4.69) is 15.7 Å². The second-order valence-corrected chi connectivity index (χ2v) is 5.13. The Balaban J connectivity index is 1.82. The van der Waals surface area contributed by atoms with Crippen molar-refractivity contribution in [3.05, 3.63) is 41.2 Å². The molecule has 0 unspecified atom stereocenters. The molecule has 0 radical (unpaired) electrons. The number of carbonyl (C=O) groups is 1. The van der Waals surface area contributed by atoms with Gasteiger partial charge >= 0.3 is 6.03 Å². The summed E-state index contributed by atoms with van der Waals surface area (Å²) in [7, 11) is 3.53. The molecule has 0 aliphatic rings. The Morgan fingerprint density at radius 1 is 1.27 bits per heavy atom. The highest BCUT2D eigenvalue weighted by Gasteiger charge is 2.09. The van der Waals surface area contributed by atoms with Crippen molar-refractivity contribution < 1.29 is 9.53 Å². The highest BCUT2D eigenvalue weighted by atomic mass is 16.5. The van der Waals surface area contributed by atoms with Crippen LogP contribution < -0.4 is 15.4 Å². The van der Waals surface area contributed by atoms with Crippen molar-refractivity contribution in [1.29, 1.82) is 0 Å². The average molecular weight is 302 g/mol. The number of rotatable bonds is 5. The van der Waals surface area contributed by atoms with Crippen LogP contribution in [-0.2, 0) is 13.5 Å². The second kappa shape index (κ2) is 6.98. The van der Waals surface area contributed by atoms with Gasteiger partial charge in [-0.05, 0) is 50.1 Å². The fourth-order valence-electron chi connectivity index (χ4n) is 2.33. The molecule has 0 spiro atoms.